The molecule has 162 valence electrons. The summed E-state index contributed by atoms with van der Waals surface area (Å²) in [6, 6.07) is 25.1. The first-order valence-electron chi connectivity index (χ1n) is 9.96. The lowest BCUT2D eigenvalue weighted by atomic mass is 10.2. The van der Waals surface area contributed by atoms with E-state index in [1.54, 1.807) is 19.1 Å². The third kappa shape index (κ3) is 5.93. The molecule has 0 bridgehead atoms. The van der Waals surface area contributed by atoms with Crippen LogP contribution in [0.1, 0.15) is 18.1 Å². The Balaban J connectivity index is 1.85. The summed E-state index contributed by atoms with van der Waals surface area (Å²) in [6.07, 6.45) is -0.680. The molecule has 0 radical (unpaired) electrons. The van der Waals surface area contributed by atoms with E-state index in [1.165, 1.54) is 23.5 Å². The van der Waals surface area contributed by atoms with E-state index in [1.807, 2.05) is 60.7 Å². The summed E-state index contributed by atoms with van der Waals surface area (Å²) in [5, 5.41) is 2.52. The molecule has 0 saturated carbocycles. The topological polar surface area (TPSA) is 75.7 Å². The lowest BCUT2D eigenvalue weighted by Crippen LogP contribution is -2.33. The van der Waals surface area contributed by atoms with Gasteiger partial charge in [0.1, 0.15) is 5.75 Å². The number of carbonyl (C=O) groups excluding carboxylic acids is 1. The van der Waals surface area contributed by atoms with E-state index in [4.69, 9.17) is 4.74 Å². The van der Waals surface area contributed by atoms with Gasteiger partial charge >= 0.3 is 0 Å². The van der Waals surface area contributed by atoms with Crippen LogP contribution in [0.25, 0.3) is 0 Å². The fraction of sp³-hybridized carbons (Fsp3) is 0.208. The lowest BCUT2D eigenvalue weighted by Gasteiger charge is -2.23. The van der Waals surface area contributed by atoms with Crippen LogP contribution in [0.4, 0.5) is 0 Å². The summed E-state index contributed by atoms with van der Waals surface area (Å²) >= 11 is 0. The van der Waals surface area contributed by atoms with Gasteiger partial charge in [-0.3, -0.25) is 4.79 Å². The maximum absolute atomic E-state index is 13.5. The minimum atomic E-state index is -3.77. The Morgan fingerprint density at radius 3 is 1.81 bits per heavy atom. The van der Waals surface area contributed by atoms with Crippen LogP contribution in [-0.4, -0.2) is 31.8 Å². The van der Waals surface area contributed by atoms with Gasteiger partial charge in [0.25, 0.3) is 5.91 Å². The van der Waals surface area contributed by atoms with Crippen LogP contribution in [0.5, 0.6) is 5.75 Å². The smallest absolute Gasteiger partial charge is 0.260 e. The van der Waals surface area contributed by atoms with Gasteiger partial charge in [-0.15, -0.1) is 0 Å². The first-order chi connectivity index (χ1) is 14.9. The van der Waals surface area contributed by atoms with Crippen molar-refractivity contribution in [3.63, 3.8) is 0 Å². The average Bonchev–Trinajstić information content (AvgIpc) is 2.79. The largest absolute Gasteiger partial charge is 0.481 e. The Hall–Kier alpha value is -3.16. The molecule has 1 N–H and O–H groups in total. The van der Waals surface area contributed by atoms with Gasteiger partial charge in [-0.05, 0) is 42.3 Å². The molecule has 31 heavy (non-hydrogen) atoms. The molecule has 0 aliphatic carbocycles. The fourth-order valence-corrected chi connectivity index (χ4v) is 4.52. The highest BCUT2D eigenvalue weighted by atomic mass is 32.2. The maximum Gasteiger partial charge on any atom is 0.260 e. The normalized spacial score (nSPS) is 12.4. The zero-order chi connectivity index (χ0) is 22.3. The van der Waals surface area contributed by atoms with E-state index in [0.29, 0.717) is 5.75 Å². The van der Waals surface area contributed by atoms with Crippen molar-refractivity contribution in [3.8, 4) is 5.75 Å². The summed E-state index contributed by atoms with van der Waals surface area (Å²) in [4.78, 5) is 11.8. The van der Waals surface area contributed by atoms with Crippen molar-refractivity contribution in [2.45, 2.75) is 31.0 Å². The maximum atomic E-state index is 13.5. The molecular formula is C24H26N2O4S. The van der Waals surface area contributed by atoms with E-state index < -0.39 is 16.1 Å². The second-order valence-electron chi connectivity index (χ2n) is 7.09. The molecule has 0 aromatic heterocycles. The highest BCUT2D eigenvalue weighted by Gasteiger charge is 2.25. The molecule has 6 nitrogen and oxygen atoms in total. The van der Waals surface area contributed by atoms with Gasteiger partial charge in [0.15, 0.2) is 6.10 Å². The quantitative estimate of drug-likeness (QED) is 0.554. The molecular weight excluding hydrogens is 412 g/mol. The number of hydrogen-bond donors (Lipinski definition) is 1. The van der Waals surface area contributed by atoms with E-state index in [9.17, 15) is 13.2 Å². The Labute approximate surface area is 183 Å². The highest BCUT2D eigenvalue weighted by molar-refractivity contribution is 7.89. The van der Waals surface area contributed by atoms with Crippen molar-refractivity contribution in [2.75, 3.05) is 7.05 Å². The van der Waals surface area contributed by atoms with Gasteiger partial charge in [-0.1, -0.05) is 60.7 Å². The van der Waals surface area contributed by atoms with Crippen LogP contribution < -0.4 is 10.1 Å². The van der Waals surface area contributed by atoms with Crippen LogP contribution in [0.3, 0.4) is 0 Å². The zero-order valence-electron chi connectivity index (χ0n) is 17.6. The van der Waals surface area contributed by atoms with Crippen LogP contribution in [-0.2, 0) is 27.9 Å². The lowest BCUT2D eigenvalue weighted by molar-refractivity contribution is -0.126. The number of likely N-dealkylation sites (N-methyl/N-ethyl adjacent to an activating group) is 1. The van der Waals surface area contributed by atoms with E-state index in [-0.39, 0.29) is 23.9 Å². The van der Waals surface area contributed by atoms with Crippen LogP contribution in [0, 0.1) is 0 Å². The van der Waals surface area contributed by atoms with Gasteiger partial charge in [0, 0.05) is 20.1 Å². The molecule has 0 unspecified atom stereocenters. The van der Waals surface area contributed by atoms with Crippen LogP contribution >= 0.6 is 0 Å². The van der Waals surface area contributed by atoms with Crippen molar-refractivity contribution in [1.82, 2.24) is 9.62 Å². The zero-order valence-corrected chi connectivity index (χ0v) is 18.4. The summed E-state index contributed by atoms with van der Waals surface area (Å²) in [5.41, 5.74) is 1.81. The average molecular weight is 439 g/mol. The van der Waals surface area contributed by atoms with E-state index >= 15 is 0 Å². The Bertz CT molecular complexity index is 1040. The first-order valence-corrected chi connectivity index (χ1v) is 11.4. The molecule has 3 aromatic rings. The van der Waals surface area contributed by atoms with Gasteiger partial charge in [0.05, 0.1) is 4.90 Å². The molecule has 1 atom stereocenters. The van der Waals surface area contributed by atoms with Crippen molar-refractivity contribution < 1.29 is 17.9 Å². The summed E-state index contributed by atoms with van der Waals surface area (Å²) < 4.78 is 33.9. The third-order valence-electron chi connectivity index (χ3n) is 4.79. The molecule has 0 spiro atoms. The second-order valence-corrected chi connectivity index (χ2v) is 9.03. The number of nitrogens with zero attached hydrogens (tertiary/aromatic N) is 1. The molecule has 1 amide bonds. The van der Waals surface area contributed by atoms with Crippen molar-refractivity contribution in [3.05, 3.63) is 96.1 Å². The monoisotopic (exact) mass is 438 g/mol. The van der Waals surface area contributed by atoms with Crippen LogP contribution in [0.15, 0.2) is 89.8 Å². The summed E-state index contributed by atoms with van der Waals surface area (Å²) in [6.45, 7) is 2.14. The number of hydrogen-bond acceptors (Lipinski definition) is 4. The van der Waals surface area contributed by atoms with Gasteiger partial charge in [0.2, 0.25) is 10.0 Å². The predicted octanol–water partition coefficient (Wildman–Crippen LogP) is 3.59. The molecule has 3 aromatic carbocycles. The number of sulfonamides is 1. The number of ether oxygens (including phenoxy) is 1. The molecule has 0 fully saturated rings. The number of rotatable bonds is 9. The molecule has 7 heteroatoms. The summed E-state index contributed by atoms with van der Waals surface area (Å²) in [5.74, 6) is 0.168. The Morgan fingerprint density at radius 2 is 1.35 bits per heavy atom. The molecule has 3 rings (SSSR count). The highest BCUT2D eigenvalue weighted by Crippen LogP contribution is 2.24. The standard InChI is InChI=1S/C24H26N2O4S/c1-19(24(27)25-2)30-22-13-15-23(16-14-22)31(28,29)26(17-20-9-5-3-6-10-20)18-21-11-7-4-8-12-21/h3-16,19H,17-18H2,1-2H3,(H,25,27)/t19-/m1/s1. The SMILES string of the molecule is CNC(=O)[C@@H](C)Oc1ccc(S(=O)(=O)N(Cc2ccccc2)Cc2ccccc2)cc1. The molecule has 0 aliphatic heterocycles. The number of carbonyl (C=O) groups is 1. The minimum Gasteiger partial charge on any atom is -0.481 e. The number of amides is 1. The van der Waals surface area contributed by atoms with Crippen molar-refractivity contribution in [2.24, 2.45) is 0 Å². The van der Waals surface area contributed by atoms with Crippen molar-refractivity contribution in [1.29, 1.82) is 0 Å². The first kappa shape index (κ1) is 22.5. The molecule has 0 heterocycles. The molecule has 0 aliphatic rings. The number of benzene rings is 3. The van der Waals surface area contributed by atoms with Crippen molar-refractivity contribution >= 4 is 15.9 Å². The summed E-state index contributed by atoms with van der Waals surface area (Å²) in [7, 11) is -2.23. The second kappa shape index (κ2) is 10.2. The van der Waals surface area contributed by atoms with E-state index in [2.05, 4.69) is 5.32 Å². The van der Waals surface area contributed by atoms with Gasteiger partial charge in [-0.25, -0.2) is 8.42 Å². The van der Waals surface area contributed by atoms with Crippen LogP contribution in [0.2, 0.25) is 0 Å². The number of nitrogens with one attached hydrogen (secondary N) is 1. The van der Waals surface area contributed by atoms with E-state index in [0.717, 1.165) is 11.1 Å². The Morgan fingerprint density at radius 1 is 0.871 bits per heavy atom. The van der Waals surface area contributed by atoms with Gasteiger partial charge in [-0.2, -0.15) is 4.31 Å². The van der Waals surface area contributed by atoms with Gasteiger partial charge < -0.3 is 10.1 Å². The Kier molecular flexibility index (Phi) is 7.44. The minimum absolute atomic E-state index is 0.166. The predicted molar refractivity (Wildman–Crippen MR) is 120 cm³/mol. The molecule has 0 saturated heterocycles. The fourth-order valence-electron chi connectivity index (χ4n) is 3.10. The third-order valence-corrected chi connectivity index (χ3v) is 6.60.